The molecule has 5 heteroatoms. The van der Waals surface area contributed by atoms with Crippen molar-refractivity contribution in [2.24, 2.45) is 5.92 Å². The van der Waals surface area contributed by atoms with E-state index >= 15 is 0 Å². The largest absolute Gasteiger partial charge is 0.340 e. The maximum atomic E-state index is 4.30. The Bertz CT molecular complexity index is 314. The van der Waals surface area contributed by atoms with Crippen LogP contribution in [0.3, 0.4) is 0 Å². The third-order valence-electron chi connectivity index (χ3n) is 2.67. The van der Waals surface area contributed by atoms with Crippen LogP contribution >= 0.6 is 15.9 Å². The van der Waals surface area contributed by atoms with Gasteiger partial charge in [-0.05, 0) is 41.9 Å². The van der Waals surface area contributed by atoms with Crippen molar-refractivity contribution in [2.75, 3.05) is 31.6 Å². The van der Waals surface area contributed by atoms with Crippen LogP contribution in [0.15, 0.2) is 16.9 Å². The van der Waals surface area contributed by atoms with E-state index < -0.39 is 0 Å². The van der Waals surface area contributed by atoms with E-state index in [0.29, 0.717) is 0 Å². The van der Waals surface area contributed by atoms with E-state index in [4.69, 9.17) is 0 Å². The zero-order valence-electron chi connectivity index (χ0n) is 8.78. The van der Waals surface area contributed by atoms with E-state index in [2.05, 4.69) is 36.1 Å². The standard InChI is InChI=1S/C10H15BrN4/c1-12-4-8-2-3-15(7-8)10-13-5-9(11)6-14-10/h5-6,8,12H,2-4,7H2,1H3. The summed E-state index contributed by atoms with van der Waals surface area (Å²) < 4.78 is 0.928. The van der Waals surface area contributed by atoms with Crippen LogP contribution in [0.4, 0.5) is 5.95 Å². The number of halogens is 1. The first-order valence-electron chi connectivity index (χ1n) is 5.16. The number of nitrogens with one attached hydrogen (secondary N) is 1. The number of rotatable bonds is 3. The van der Waals surface area contributed by atoms with Crippen molar-refractivity contribution in [3.05, 3.63) is 16.9 Å². The van der Waals surface area contributed by atoms with Gasteiger partial charge in [0.25, 0.3) is 0 Å². The van der Waals surface area contributed by atoms with Crippen LogP contribution in [0, 0.1) is 5.92 Å². The Labute approximate surface area is 98.2 Å². The Hall–Kier alpha value is -0.680. The fourth-order valence-electron chi connectivity index (χ4n) is 1.94. The SMILES string of the molecule is CNCC1CCN(c2ncc(Br)cn2)C1. The molecule has 0 aromatic carbocycles. The molecule has 0 bridgehead atoms. The second-order valence-electron chi connectivity index (χ2n) is 3.86. The highest BCUT2D eigenvalue weighted by molar-refractivity contribution is 9.10. The minimum Gasteiger partial charge on any atom is -0.340 e. The molecule has 1 saturated heterocycles. The third kappa shape index (κ3) is 2.66. The van der Waals surface area contributed by atoms with Crippen LogP contribution in [0.5, 0.6) is 0 Å². The van der Waals surface area contributed by atoms with Gasteiger partial charge in [0.15, 0.2) is 0 Å². The molecule has 2 heterocycles. The number of hydrogen-bond acceptors (Lipinski definition) is 4. The second kappa shape index (κ2) is 4.90. The van der Waals surface area contributed by atoms with Crippen LogP contribution in [0.1, 0.15) is 6.42 Å². The Morgan fingerprint density at radius 1 is 1.53 bits per heavy atom. The minimum atomic E-state index is 0.724. The first-order chi connectivity index (χ1) is 7.29. The van der Waals surface area contributed by atoms with Gasteiger partial charge in [-0.1, -0.05) is 0 Å². The lowest BCUT2D eigenvalue weighted by molar-refractivity contribution is 0.548. The summed E-state index contributed by atoms with van der Waals surface area (Å²) in [5, 5.41) is 3.22. The van der Waals surface area contributed by atoms with Gasteiger partial charge in [0.2, 0.25) is 5.95 Å². The van der Waals surface area contributed by atoms with Crippen molar-refractivity contribution in [1.29, 1.82) is 0 Å². The van der Waals surface area contributed by atoms with Gasteiger partial charge in [-0.3, -0.25) is 0 Å². The number of aromatic nitrogens is 2. The number of nitrogens with zero attached hydrogens (tertiary/aromatic N) is 3. The van der Waals surface area contributed by atoms with Gasteiger partial charge in [-0.15, -0.1) is 0 Å². The van der Waals surface area contributed by atoms with E-state index in [1.165, 1.54) is 6.42 Å². The molecule has 1 aromatic rings. The van der Waals surface area contributed by atoms with Crippen molar-refractivity contribution in [2.45, 2.75) is 6.42 Å². The summed E-state index contributed by atoms with van der Waals surface area (Å²) >= 11 is 3.34. The predicted octanol–water partition coefficient (Wildman–Crippen LogP) is 1.28. The Kier molecular flexibility index (Phi) is 3.53. The monoisotopic (exact) mass is 270 g/mol. The highest BCUT2D eigenvalue weighted by Crippen LogP contribution is 2.20. The highest BCUT2D eigenvalue weighted by atomic mass is 79.9. The highest BCUT2D eigenvalue weighted by Gasteiger charge is 2.23. The van der Waals surface area contributed by atoms with E-state index in [1.807, 2.05) is 7.05 Å². The Balaban J connectivity index is 1.98. The molecule has 0 saturated carbocycles. The van der Waals surface area contributed by atoms with Gasteiger partial charge >= 0.3 is 0 Å². The number of hydrogen-bond donors (Lipinski definition) is 1. The lowest BCUT2D eigenvalue weighted by Crippen LogP contribution is -2.25. The molecule has 1 atom stereocenters. The third-order valence-corrected chi connectivity index (χ3v) is 3.08. The van der Waals surface area contributed by atoms with E-state index in [-0.39, 0.29) is 0 Å². The zero-order chi connectivity index (χ0) is 10.7. The van der Waals surface area contributed by atoms with Gasteiger partial charge in [-0.2, -0.15) is 0 Å². The average Bonchev–Trinajstić information content (AvgIpc) is 2.68. The smallest absolute Gasteiger partial charge is 0.225 e. The molecule has 82 valence electrons. The molecular formula is C10H15BrN4. The van der Waals surface area contributed by atoms with Crippen molar-refractivity contribution in [1.82, 2.24) is 15.3 Å². The summed E-state index contributed by atoms with van der Waals surface area (Å²) in [5.41, 5.74) is 0. The van der Waals surface area contributed by atoms with Gasteiger partial charge in [0, 0.05) is 25.5 Å². The zero-order valence-corrected chi connectivity index (χ0v) is 10.4. The lowest BCUT2D eigenvalue weighted by Gasteiger charge is -2.15. The minimum absolute atomic E-state index is 0.724. The fourth-order valence-corrected chi connectivity index (χ4v) is 2.14. The van der Waals surface area contributed by atoms with E-state index in [0.717, 1.165) is 36.0 Å². The molecule has 0 radical (unpaired) electrons. The van der Waals surface area contributed by atoms with Gasteiger partial charge in [0.1, 0.15) is 0 Å². The summed E-state index contributed by atoms with van der Waals surface area (Å²) in [5.74, 6) is 1.57. The lowest BCUT2D eigenvalue weighted by atomic mass is 10.1. The molecule has 1 aliphatic rings. The van der Waals surface area contributed by atoms with Crippen LogP contribution in [-0.4, -0.2) is 36.6 Å². The van der Waals surface area contributed by atoms with Crippen molar-refractivity contribution in [3.8, 4) is 0 Å². The predicted molar refractivity (Wildman–Crippen MR) is 64.0 cm³/mol. The maximum absolute atomic E-state index is 4.30. The molecule has 2 rings (SSSR count). The molecule has 1 aliphatic heterocycles. The van der Waals surface area contributed by atoms with Crippen LogP contribution < -0.4 is 10.2 Å². The summed E-state index contributed by atoms with van der Waals surface area (Å²) in [6.07, 6.45) is 4.82. The van der Waals surface area contributed by atoms with Crippen LogP contribution in [0.25, 0.3) is 0 Å². The molecule has 1 N–H and O–H groups in total. The Morgan fingerprint density at radius 3 is 2.93 bits per heavy atom. The molecule has 1 unspecified atom stereocenters. The second-order valence-corrected chi connectivity index (χ2v) is 4.78. The summed E-state index contributed by atoms with van der Waals surface area (Å²) in [6, 6.07) is 0. The molecule has 0 aliphatic carbocycles. The first kappa shape index (κ1) is 10.8. The molecule has 0 spiro atoms. The normalized spacial score (nSPS) is 20.9. The van der Waals surface area contributed by atoms with Gasteiger partial charge in [0.05, 0.1) is 4.47 Å². The van der Waals surface area contributed by atoms with Crippen molar-refractivity contribution in [3.63, 3.8) is 0 Å². The summed E-state index contributed by atoms with van der Waals surface area (Å²) in [6.45, 7) is 3.20. The molecule has 1 aromatic heterocycles. The van der Waals surface area contributed by atoms with Crippen LogP contribution in [-0.2, 0) is 0 Å². The molecule has 0 amide bonds. The first-order valence-corrected chi connectivity index (χ1v) is 5.96. The summed E-state index contributed by atoms with van der Waals surface area (Å²) in [7, 11) is 2.00. The molecule has 15 heavy (non-hydrogen) atoms. The molecule has 1 fully saturated rings. The van der Waals surface area contributed by atoms with Gasteiger partial charge < -0.3 is 10.2 Å². The number of anilines is 1. The van der Waals surface area contributed by atoms with E-state index in [9.17, 15) is 0 Å². The van der Waals surface area contributed by atoms with Crippen molar-refractivity contribution >= 4 is 21.9 Å². The summed E-state index contributed by atoms with van der Waals surface area (Å²) in [4.78, 5) is 10.8. The molecule has 4 nitrogen and oxygen atoms in total. The Morgan fingerprint density at radius 2 is 2.27 bits per heavy atom. The van der Waals surface area contributed by atoms with Crippen molar-refractivity contribution < 1.29 is 0 Å². The van der Waals surface area contributed by atoms with Gasteiger partial charge in [-0.25, -0.2) is 9.97 Å². The van der Waals surface area contributed by atoms with Crippen LogP contribution in [0.2, 0.25) is 0 Å². The fraction of sp³-hybridized carbons (Fsp3) is 0.600. The molecular weight excluding hydrogens is 256 g/mol. The topological polar surface area (TPSA) is 41.0 Å². The quantitative estimate of drug-likeness (QED) is 0.899. The van der Waals surface area contributed by atoms with E-state index in [1.54, 1.807) is 12.4 Å². The average molecular weight is 271 g/mol. The maximum Gasteiger partial charge on any atom is 0.225 e.